The van der Waals surface area contributed by atoms with E-state index in [1.807, 2.05) is 0 Å². The van der Waals surface area contributed by atoms with Crippen LogP contribution in [0.15, 0.2) is 59.8 Å². The van der Waals surface area contributed by atoms with Crippen molar-refractivity contribution >= 4 is 5.97 Å². The quantitative estimate of drug-likeness (QED) is 0.718. The summed E-state index contributed by atoms with van der Waals surface area (Å²) < 4.78 is 0. The van der Waals surface area contributed by atoms with Crippen molar-refractivity contribution in [2.24, 2.45) is 0 Å². The minimum absolute atomic E-state index is 0.176. The van der Waals surface area contributed by atoms with E-state index < -0.39 is 5.97 Å². The van der Waals surface area contributed by atoms with E-state index in [4.69, 9.17) is 5.11 Å². The Bertz CT molecular complexity index is 366. The van der Waals surface area contributed by atoms with Gasteiger partial charge < -0.3 is 5.11 Å². The first-order chi connectivity index (χ1) is 7.61. The molecule has 2 heteroatoms. The SMILES string of the molecule is C1=CCC(C2=CC=CC2)=C1.C=C(C)C(=O)O. The lowest BCUT2D eigenvalue weighted by Crippen LogP contribution is -1.92. The molecule has 2 rings (SSSR count). The lowest BCUT2D eigenvalue weighted by molar-refractivity contribution is -0.132. The van der Waals surface area contributed by atoms with Crippen molar-refractivity contribution in [2.75, 3.05) is 0 Å². The summed E-state index contributed by atoms with van der Waals surface area (Å²) >= 11 is 0. The average molecular weight is 216 g/mol. The summed E-state index contributed by atoms with van der Waals surface area (Å²) in [5.41, 5.74) is 3.16. The fraction of sp³-hybridized carbons (Fsp3) is 0.214. The van der Waals surface area contributed by atoms with Crippen molar-refractivity contribution in [2.45, 2.75) is 19.8 Å². The first kappa shape index (κ1) is 12.2. The van der Waals surface area contributed by atoms with Crippen molar-refractivity contribution in [3.63, 3.8) is 0 Å². The van der Waals surface area contributed by atoms with Crippen LogP contribution in [0.4, 0.5) is 0 Å². The Labute approximate surface area is 96.0 Å². The molecule has 2 nitrogen and oxygen atoms in total. The highest BCUT2D eigenvalue weighted by Crippen LogP contribution is 2.25. The Balaban J connectivity index is 0.000000187. The van der Waals surface area contributed by atoms with Crippen molar-refractivity contribution in [1.29, 1.82) is 0 Å². The number of allylic oxidation sites excluding steroid dienone is 8. The highest BCUT2D eigenvalue weighted by Gasteiger charge is 2.05. The number of carbonyl (C=O) groups is 1. The predicted octanol–water partition coefficient (Wildman–Crippen LogP) is 3.41. The van der Waals surface area contributed by atoms with Gasteiger partial charge in [-0.05, 0) is 30.9 Å². The van der Waals surface area contributed by atoms with Gasteiger partial charge in [-0.25, -0.2) is 4.79 Å². The fourth-order valence-corrected chi connectivity index (χ4v) is 1.37. The highest BCUT2D eigenvalue weighted by molar-refractivity contribution is 5.84. The maximum absolute atomic E-state index is 9.60. The molecule has 0 spiro atoms. The highest BCUT2D eigenvalue weighted by atomic mass is 16.4. The Morgan fingerprint density at radius 3 is 1.75 bits per heavy atom. The molecular formula is C14H16O2. The molecule has 0 aromatic carbocycles. The van der Waals surface area contributed by atoms with Crippen molar-refractivity contribution in [1.82, 2.24) is 0 Å². The molecule has 0 aromatic rings. The van der Waals surface area contributed by atoms with Crippen molar-refractivity contribution in [3.8, 4) is 0 Å². The Kier molecular flexibility index (Phi) is 4.52. The van der Waals surface area contributed by atoms with Gasteiger partial charge in [0.15, 0.2) is 0 Å². The van der Waals surface area contributed by atoms with E-state index in [0.717, 1.165) is 12.8 Å². The normalized spacial score (nSPS) is 16.3. The van der Waals surface area contributed by atoms with E-state index >= 15 is 0 Å². The summed E-state index contributed by atoms with van der Waals surface area (Å²) in [6, 6.07) is 0. The van der Waals surface area contributed by atoms with Gasteiger partial charge in [0.1, 0.15) is 0 Å². The third-order valence-corrected chi connectivity index (χ3v) is 2.32. The fourth-order valence-electron chi connectivity index (χ4n) is 1.37. The molecule has 0 bridgehead atoms. The van der Waals surface area contributed by atoms with Gasteiger partial charge in [0.2, 0.25) is 0 Å². The summed E-state index contributed by atoms with van der Waals surface area (Å²) in [4.78, 5) is 9.60. The summed E-state index contributed by atoms with van der Waals surface area (Å²) in [7, 11) is 0. The lowest BCUT2D eigenvalue weighted by atomic mass is 10.1. The van der Waals surface area contributed by atoms with E-state index in [9.17, 15) is 4.79 Å². The molecule has 0 unspecified atom stereocenters. The third-order valence-electron chi connectivity index (χ3n) is 2.32. The molecule has 0 aromatic heterocycles. The van der Waals surface area contributed by atoms with Gasteiger partial charge in [0, 0.05) is 5.57 Å². The van der Waals surface area contributed by atoms with E-state index in [2.05, 4.69) is 43.0 Å². The second-order valence-corrected chi connectivity index (χ2v) is 3.73. The molecule has 0 fully saturated rings. The molecule has 0 aliphatic heterocycles. The van der Waals surface area contributed by atoms with Crippen LogP contribution in [-0.2, 0) is 4.79 Å². The summed E-state index contributed by atoms with van der Waals surface area (Å²) in [6.45, 7) is 4.60. The van der Waals surface area contributed by atoms with Gasteiger partial charge in [0.25, 0.3) is 0 Å². The number of hydrogen-bond acceptors (Lipinski definition) is 1. The van der Waals surface area contributed by atoms with Crippen LogP contribution in [0.5, 0.6) is 0 Å². The van der Waals surface area contributed by atoms with E-state index in [0.29, 0.717) is 0 Å². The minimum Gasteiger partial charge on any atom is -0.478 e. The van der Waals surface area contributed by atoms with Crippen LogP contribution in [-0.4, -0.2) is 11.1 Å². The largest absolute Gasteiger partial charge is 0.478 e. The smallest absolute Gasteiger partial charge is 0.330 e. The molecule has 16 heavy (non-hydrogen) atoms. The number of rotatable bonds is 2. The first-order valence-electron chi connectivity index (χ1n) is 5.22. The van der Waals surface area contributed by atoms with Gasteiger partial charge in [-0.1, -0.05) is 43.0 Å². The van der Waals surface area contributed by atoms with Crippen LogP contribution >= 0.6 is 0 Å². The van der Waals surface area contributed by atoms with Gasteiger partial charge in [0.05, 0.1) is 0 Å². The van der Waals surface area contributed by atoms with Crippen molar-refractivity contribution < 1.29 is 9.90 Å². The molecule has 2 aliphatic carbocycles. The zero-order valence-electron chi connectivity index (χ0n) is 9.44. The van der Waals surface area contributed by atoms with Crippen LogP contribution < -0.4 is 0 Å². The van der Waals surface area contributed by atoms with Gasteiger partial charge >= 0.3 is 5.97 Å². The molecule has 0 radical (unpaired) electrons. The molecule has 84 valence electrons. The molecule has 0 heterocycles. The molecule has 1 N–H and O–H groups in total. The third kappa shape index (κ3) is 3.73. The standard InChI is InChI=1S/C10H10.C4H6O2/c1-2-6-9(5-1)10-7-3-4-8-10;1-3(2)4(5)6/h1-5,7H,6,8H2;1H2,2H3,(H,5,6). The van der Waals surface area contributed by atoms with Crippen molar-refractivity contribution in [3.05, 3.63) is 59.8 Å². The molecule has 0 atom stereocenters. The van der Waals surface area contributed by atoms with Gasteiger partial charge in [-0.2, -0.15) is 0 Å². The number of hydrogen-bond donors (Lipinski definition) is 1. The molecule has 0 saturated heterocycles. The molecular weight excluding hydrogens is 200 g/mol. The average Bonchev–Trinajstić information content (AvgIpc) is 2.91. The predicted molar refractivity (Wildman–Crippen MR) is 66.1 cm³/mol. The molecule has 2 aliphatic rings. The second-order valence-electron chi connectivity index (χ2n) is 3.73. The maximum Gasteiger partial charge on any atom is 0.330 e. The number of carboxylic acid groups (broad SMARTS) is 1. The van der Waals surface area contributed by atoms with Crippen LogP contribution in [0, 0.1) is 0 Å². The first-order valence-corrected chi connectivity index (χ1v) is 5.22. The minimum atomic E-state index is -0.935. The summed E-state index contributed by atoms with van der Waals surface area (Å²) in [6.07, 6.45) is 15.4. The Hall–Kier alpha value is -1.83. The second kappa shape index (κ2) is 5.91. The van der Waals surface area contributed by atoms with Crippen LogP contribution in [0.1, 0.15) is 19.8 Å². The van der Waals surface area contributed by atoms with Gasteiger partial charge in [-0.15, -0.1) is 0 Å². The van der Waals surface area contributed by atoms with E-state index in [1.54, 1.807) is 0 Å². The maximum atomic E-state index is 9.60. The summed E-state index contributed by atoms with van der Waals surface area (Å²) in [5, 5.41) is 7.89. The van der Waals surface area contributed by atoms with Crippen LogP contribution in [0.25, 0.3) is 0 Å². The zero-order chi connectivity index (χ0) is 12.0. The number of aliphatic carboxylic acids is 1. The summed E-state index contributed by atoms with van der Waals surface area (Å²) in [5.74, 6) is -0.935. The topological polar surface area (TPSA) is 37.3 Å². The van der Waals surface area contributed by atoms with Gasteiger partial charge in [-0.3, -0.25) is 0 Å². The van der Waals surface area contributed by atoms with E-state index in [1.165, 1.54) is 18.1 Å². The van der Waals surface area contributed by atoms with Crippen LogP contribution in [0.3, 0.4) is 0 Å². The zero-order valence-corrected chi connectivity index (χ0v) is 9.44. The Morgan fingerprint density at radius 2 is 1.56 bits per heavy atom. The lowest BCUT2D eigenvalue weighted by Gasteiger charge is -1.99. The molecule has 0 amide bonds. The Morgan fingerprint density at radius 1 is 1.19 bits per heavy atom. The number of carboxylic acids is 1. The van der Waals surface area contributed by atoms with Crippen LogP contribution in [0.2, 0.25) is 0 Å². The van der Waals surface area contributed by atoms with E-state index in [-0.39, 0.29) is 5.57 Å². The monoisotopic (exact) mass is 216 g/mol. The molecule has 0 saturated carbocycles.